The Morgan fingerprint density at radius 1 is 1.12 bits per heavy atom. The third-order valence-electron chi connectivity index (χ3n) is 2.00. The summed E-state index contributed by atoms with van der Waals surface area (Å²) in [6.07, 6.45) is 6.57. The smallest absolute Gasteiger partial charge is 0.169 e. The molecular formula is C10H12N6. The Kier molecular flexibility index (Phi) is 2.90. The zero-order chi connectivity index (χ0) is 11.4. The van der Waals surface area contributed by atoms with E-state index in [9.17, 15) is 0 Å². The van der Waals surface area contributed by atoms with Gasteiger partial charge in [-0.3, -0.25) is 9.97 Å². The van der Waals surface area contributed by atoms with Crippen molar-refractivity contribution >= 4 is 11.6 Å². The lowest BCUT2D eigenvalue weighted by atomic mass is 10.4. The number of anilines is 2. The van der Waals surface area contributed by atoms with Gasteiger partial charge >= 0.3 is 0 Å². The van der Waals surface area contributed by atoms with Crippen molar-refractivity contribution in [1.82, 2.24) is 19.9 Å². The van der Waals surface area contributed by atoms with Crippen LogP contribution in [0, 0.1) is 6.92 Å². The van der Waals surface area contributed by atoms with Crippen LogP contribution in [0.2, 0.25) is 0 Å². The molecule has 0 unspecified atom stereocenters. The predicted octanol–water partition coefficient (Wildman–Crippen LogP) is 0.769. The fourth-order valence-corrected chi connectivity index (χ4v) is 1.17. The fraction of sp³-hybridized carbons (Fsp3) is 0.200. The predicted molar refractivity (Wildman–Crippen MR) is 60.5 cm³/mol. The molecule has 2 aromatic heterocycles. The van der Waals surface area contributed by atoms with Gasteiger partial charge in [0.05, 0.1) is 24.1 Å². The third kappa shape index (κ3) is 2.41. The van der Waals surface area contributed by atoms with E-state index < -0.39 is 0 Å². The van der Waals surface area contributed by atoms with E-state index in [0.717, 1.165) is 11.4 Å². The second kappa shape index (κ2) is 4.52. The monoisotopic (exact) mass is 216 g/mol. The highest BCUT2D eigenvalue weighted by Crippen LogP contribution is 2.10. The van der Waals surface area contributed by atoms with Gasteiger partial charge in [0.15, 0.2) is 11.6 Å². The molecule has 0 atom stereocenters. The number of nitrogens with one attached hydrogen (secondary N) is 1. The van der Waals surface area contributed by atoms with E-state index in [4.69, 9.17) is 5.73 Å². The average molecular weight is 216 g/mol. The van der Waals surface area contributed by atoms with E-state index in [1.807, 2.05) is 6.92 Å². The number of hydrogen-bond donors (Lipinski definition) is 2. The summed E-state index contributed by atoms with van der Waals surface area (Å²) < 4.78 is 0. The molecule has 2 aromatic rings. The van der Waals surface area contributed by atoms with Crippen LogP contribution in [-0.4, -0.2) is 19.9 Å². The van der Waals surface area contributed by atoms with Gasteiger partial charge in [-0.1, -0.05) is 0 Å². The van der Waals surface area contributed by atoms with Gasteiger partial charge in [0, 0.05) is 18.6 Å². The van der Waals surface area contributed by atoms with Crippen molar-refractivity contribution in [3.63, 3.8) is 0 Å². The normalized spacial score (nSPS) is 10.1. The molecule has 0 saturated carbocycles. The van der Waals surface area contributed by atoms with Crippen LogP contribution in [0.25, 0.3) is 0 Å². The Morgan fingerprint density at radius 3 is 2.62 bits per heavy atom. The molecule has 0 saturated heterocycles. The molecule has 82 valence electrons. The van der Waals surface area contributed by atoms with Crippen LogP contribution >= 0.6 is 0 Å². The summed E-state index contributed by atoms with van der Waals surface area (Å²) in [6.45, 7) is 2.42. The van der Waals surface area contributed by atoms with Crippen molar-refractivity contribution in [2.45, 2.75) is 13.5 Å². The van der Waals surface area contributed by atoms with E-state index in [1.54, 1.807) is 24.8 Å². The van der Waals surface area contributed by atoms with Crippen LogP contribution in [0.1, 0.15) is 11.4 Å². The first-order chi connectivity index (χ1) is 7.75. The van der Waals surface area contributed by atoms with Crippen LogP contribution in [0.4, 0.5) is 11.6 Å². The summed E-state index contributed by atoms with van der Waals surface area (Å²) in [5, 5.41) is 3.05. The molecule has 3 N–H and O–H groups in total. The molecule has 0 aliphatic carbocycles. The minimum absolute atomic E-state index is 0.377. The fourth-order valence-electron chi connectivity index (χ4n) is 1.17. The third-order valence-corrected chi connectivity index (χ3v) is 2.00. The number of aromatic nitrogens is 4. The first-order valence-corrected chi connectivity index (χ1v) is 4.83. The summed E-state index contributed by atoms with van der Waals surface area (Å²) >= 11 is 0. The first-order valence-electron chi connectivity index (χ1n) is 4.83. The molecule has 0 fully saturated rings. The van der Waals surface area contributed by atoms with E-state index in [-0.39, 0.29) is 0 Å². The number of hydrogen-bond acceptors (Lipinski definition) is 6. The molecule has 0 aromatic carbocycles. The zero-order valence-electron chi connectivity index (χ0n) is 8.88. The van der Waals surface area contributed by atoms with E-state index in [2.05, 4.69) is 25.3 Å². The molecule has 6 heteroatoms. The molecular weight excluding hydrogens is 204 g/mol. The Bertz CT molecular complexity index is 467. The van der Waals surface area contributed by atoms with Crippen molar-refractivity contribution in [2.75, 3.05) is 11.1 Å². The van der Waals surface area contributed by atoms with Crippen molar-refractivity contribution in [3.8, 4) is 0 Å². The van der Waals surface area contributed by atoms with Gasteiger partial charge < -0.3 is 11.1 Å². The largest absolute Gasteiger partial charge is 0.381 e. The Labute approximate surface area is 93.0 Å². The second-order valence-corrected chi connectivity index (χ2v) is 3.29. The Hall–Kier alpha value is -2.24. The van der Waals surface area contributed by atoms with Crippen molar-refractivity contribution < 1.29 is 0 Å². The summed E-state index contributed by atoms with van der Waals surface area (Å²) in [5.74, 6) is 0.937. The quantitative estimate of drug-likeness (QED) is 0.787. The molecule has 16 heavy (non-hydrogen) atoms. The van der Waals surface area contributed by atoms with E-state index in [1.165, 1.54) is 0 Å². The molecule has 6 nitrogen and oxygen atoms in total. The minimum Gasteiger partial charge on any atom is -0.381 e. The van der Waals surface area contributed by atoms with Gasteiger partial charge in [0.2, 0.25) is 0 Å². The van der Waals surface area contributed by atoms with Crippen LogP contribution in [0.5, 0.6) is 0 Å². The number of nitrogens with two attached hydrogens (primary N) is 1. The maximum Gasteiger partial charge on any atom is 0.169 e. The first kappa shape index (κ1) is 10.3. The Morgan fingerprint density at radius 2 is 1.94 bits per heavy atom. The maximum absolute atomic E-state index is 5.64. The topological polar surface area (TPSA) is 89.6 Å². The number of nitrogen functional groups attached to an aromatic ring is 1. The van der Waals surface area contributed by atoms with E-state index >= 15 is 0 Å². The average Bonchev–Trinajstić information content (AvgIpc) is 2.30. The second-order valence-electron chi connectivity index (χ2n) is 3.29. The van der Waals surface area contributed by atoms with Gasteiger partial charge in [-0.05, 0) is 6.92 Å². The number of rotatable bonds is 3. The molecule has 2 rings (SSSR count). The van der Waals surface area contributed by atoms with Gasteiger partial charge in [-0.15, -0.1) is 0 Å². The lowest BCUT2D eigenvalue weighted by molar-refractivity contribution is 0.974. The molecule has 0 radical (unpaired) electrons. The van der Waals surface area contributed by atoms with Crippen molar-refractivity contribution in [3.05, 3.63) is 36.2 Å². The molecule has 0 amide bonds. The van der Waals surface area contributed by atoms with E-state index in [0.29, 0.717) is 18.2 Å². The highest BCUT2D eigenvalue weighted by atomic mass is 15.1. The SMILES string of the molecule is Cc1cnc(CNc2nccnc2N)cn1. The molecule has 0 bridgehead atoms. The maximum atomic E-state index is 5.64. The molecule has 2 heterocycles. The molecule has 0 spiro atoms. The standard InChI is InChI=1S/C10H12N6/c1-7-4-15-8(5-14-7)6-16-10-9(11)12-2-3-13-10/h2-5H,6H2,1H3,(H2,11,12)(H,13,16). The summed E-state index contributed by atoms with van der Waals surface area (Å²) in [6, 6.07) is 0. The summed E-state index contributed by atoms with van der Waals surface area (Å²) in [5.41, 5.74) is 7.36. The van der Waals surface area contributed by atoms with Gasteiger partial charge in [0.1, 0.15) is 0 Å². The lowest BCUT2D eigenvalue weighted by Gasteiger charge is -2.06. The van der Waals surface area contributed by atoms with Crippen LogP contribution in [0.15, 0.2) is 24.8 Å². The molecule has 0 aliphatic heterocycles. The van der Waals surface area contributed by atoms with Gasteiger partial charge in [0.25, 0.3) is 0 Å². The minimum atomic E-state index is 0.377. The Balaban J connectivity index is 2.02. The van der Waals surface area contributed by atoms with Gasteiger partial charge in [-0.25, -0.2) is 9.97 Å². The number of nitrogens with zero attached hydrogens (tertiary/aromatic N) is 4. The van der Waals surface area contributed by atoms with Crippen LogP contribution in [0.3, 0.4) is 0 Å². The highest BCUT2D eigenvalue weighted by Gasteiger charge is 2.00. The van der Waals surface area contributed by atoms with Crippen molar-refractivity contribution in [1.29, 1.82) is 0 Å². The summed E-state index contributed by atoms with van der Waals surface area (Å²) in [7, 11) is 0. The van der Waals surface area contributed by atoms with Crippen LogP contribution in [-0.2, 0) is 6.54 Å². The molecule has 0 aliphatic rings. The lowest BCUT2D eigenvalue weighted by Crippen LogP contribution is -2.07. The zero-order valence-corrected chi connectivity index (χ0v) is 8.88. The van der Waals surface area contributed by atoms with Crippen LogP contribution < -0.4 is 11.1 Å². The highest BCUT2D eigenvalue weighted by molar-refractivity contribution is 5.54. The summed E-state index contributed by atoms with van der Waals surface area (Å²) in [4.78, 5) is 16.3. The van der Waals surface area contributed by atoms with Gasteiger partial charge in [-0.2, -0.15) is 0 Å². The van der Waals surface area contributed by atoms with Crippen molar-refractivity contribution in [2.24, 2.45) is 0 Å². The number of aryl methyl sites for hydroxylation is 1.